The molecule has 1 unspecified atom stereocenters. The highest BCUT2D eigenvalue weighted by atomic mass is 15.2. The van der Waals surface area contributed by atoms with Gasteiger partial charge in [0.15, 0.2) is 6.19 Å². The van der Waals surface area contributed by atoms with E-state index in [0.29, 0.717) is 0 Å². The van der Waals surface area contributed by atoms with E-state index in [1.165, 1.54) is 4.90 Å². The molecule has 58 valence electrons. The van der Waals surface area contributed by atoms with E-state index in [2.05, 4.69) is 0 Å². The summed E-state index contributed by atoms with van der Waals surface area (Å²) in [7, 11) is 0. The second-order valence-corrected chi connectivity index (χ2v) is 2.63. The fraction of sp³-hybridized carbons (Fsp3) is 0.375. The van der Waals surface area contributed by atoms with Crippen molar-refractivity contribution in [1.29, 1.82) is 5.26 Å². The zero-order chi connectivity index (χ0) is 8.43. The van der Waals surface area contributed by atoms with Gasteiger partial charge in [-0.3, -0.25) is 4.90 Å². The molecule has 0 spiro atoms. The minimum Gasteiger partial charge on any atom is -0.307 e. The smallest absolute Gasteiger partial charge is 0.185 e. The molecule has 11 heavy (non-hydrogen) atoms. The summed E-state index contributed by atoms with van der Waals surface area (Å²) < 4.78 is 0. The van der Waals surface area contributed by atoms with Crippen LogP contribution in [0.25, 0.3) is 0 Å². The first-order chi connectivity index (χ1) is 5.16. The highest BCUT2D eigenvalue weighted by Crippen LogP contribution is 2.16. The average Bonchev–Trinajstić information content (AvgIpc) is 2.01. The summed E-state index contributed by atoms with van der Waals surface area (Å²) in [6.45, 7) is 3.92. The Morgan fingerprint density at radius 1 is 1.64 bits per heavy atom. The second kappa shape index (κ2) is 2.77. The van der Waals surface area contributed by atoms with Gasteiger partial charge in [0.1, 0.15) is 6.17 Å². The summed E-state index contributed by atoms with van der Waals surface area (Å²) in [5.74, 6) is 0. The Morgan fingerprint density at radius 2 is 2.27 bits per heavy atom. The van der Waals surface area contributed by atoms with Gasteiger partial charge in [-0.2, -0.15) is 5.26 Å². The van der Waals surface area contributed by atoms with Gasteiger partial charge < -0.3 is 5.73 Å². The molecule has 1 atom stereocenters. The number of allylic oxidation sites excluding steroid dienone is 2. The van der Waals surface area contributed by atoms with Crippen molar-refractivity contribution in [2.24, 2.45) is 5.73 Å². The van der Waals surface area contributed by atoms with Crippen molar-refractivity contribution >= 4 is 0 Å². The van der Waals surface area contributed by atoms with Crippen LogP contribution in [0.4, 0.5) is 0 Å². The maximum Gasteiger partial charge on any atom is 0.185 e. The molecule has 0 bridgehead atoms. The van der Waals surface area contributed by atoms with E-state index in [1.807, 2.05) is 26.1 Å². The van der Waals surface area contributed by atoms with Crippen molar-refractivity contribution in [1.82, 2.24) is 4.90 Å². The number of nitrogens with zero attached hydrogens (tertiary/aromatic N) is 2. The molecule has 0 radical (unpaired) electrons. The van der Waals surface area contributed by atoms with Crippen LogP contribution >= 0.6 is 0 Å². The molecule has 0 aliphatic carbocycles. The van der Waals surface area contributed by atoms with E-state index >= 15 is 0 Å². The third-order valence-corrected chi connectivity index (χ3v) is 1.97. The minimum atomic E-state index is -0.273. The summed E-state index contributed by atoms with van der Waals surface area (Å²) in [6.07, 6.45) is 5.31. The van der Waals surface area contributed by atoms with Crippen molar-refractivity contribution in [3.63, 3.8) is 0 Å². The van der Waals surface area contributed by atoms with E-state index < -0.39 is 0 Å². The predicted octanol–water partition coefficient (Wildman–Crippen LogP) is 0.918. The third kappa shape index (κ3) is 1.26. The van der Waals surface area contributed by atoms with Crippen molar-refractivity contribution in [2.75, 3.05) is 0 Å². The van der Waals surface area contributed by atoms with Gasteiger partial charge in [-0.1, -0.05) is 0 Å². The minimum absolute atomic E-state index is 0.273. The number of nitrogens with two attached hydrogens (primary N) is 1. The molecule has 0 fully saturated rings. The summed E-state index contributed by atoms with van der Waals surface area (Å²) >= 11 is 0. The summed E-state index contributed by atoms with van der Waals surface area (Å²) in [5, 5.41) is 8.59. The van der Waals surface area contributed by atoms with Gasteiger partial charge >= 0.3 is 0 Å². The Labute approximate surface area is 66.4 Å². The zero-order valence-electron chi connectivity index (χ0n) is 6.70. The van der Waals surface area contributed by atoms with Gasteiger partial charge in [0.05, 0.1) is 0 Å². The molecule has 2 N–H and O–H groups in total. The number of hydrogen-bond donors (Lipinski definition) is 1. The van der Waals surface area contributed by atoms with Gasteiger partial charge in [0.25, 0.3) is 0 Å². The van der Waals surface area contributed by atoms with E-state index in [4.69, 9.17) is 11.0 Å². The molecular weight excluding hydrogens is 138 g/mol. The summed E-state index contributed by atoms with van der Waals surface area (Å²) in [5.41, 5.74) is 7.91. The Balaban J connectivity index is 2.93. The molecule has 1 heterocycles. The first-order valence-electron chi connectivity index (χ1n) is 3.46. The number of hydrogen-bond acceptors (Lipinski definition) is 3. The molecule has 3 heteroatoms. The van der Waals surface area contributed by atoms with Gasteiger partial charge in [-0.15, -0.1) is 0 Å². The lowest BCUT2D eigenvalue weighted by Gasteiger charge is -2.25. The van der Waals surface area contributed by atoms with Crippen molar-refractivity contribution in [3.8, 4) is 6.19 Å². The van der Waals surface area contributed by atoms with Crippen LogP contribution in [0.15, 0.2) is 23.4 Å². The molecule has 1 rings (SSSR count). The Kier molecular flexibility index (Phi) is 1.97. The molecule has 3 nitrogen and oxygen atoms in total. The lowest BCUT2D eigenvalue weighted by atomic mass is 10.1. The van der Waals surface area contributed by atoms with Crippen LogP contribution in [0.2, 0.25) is 0 Å². The van der Waals surface area contributed by atoms with Crippen LogP contribution in [-0.4, -0.2) is 11.1 Å². The first kappa shape index (κ1) is 7.83. The molecule has 0 saturated carbocycles. The Bertz CT molecular complexity index is 257. The van der Waals surface area contributed by atoms with Crippen LogP contribution < -0.4 is 5.73 Å². The molecule has 1 aliphatic rings. The second-order valence-electron chi connectivity index (χ2n) is 2.63. The highest BCUT2D eigenvalue weighted by Gasteiger charge is 2.16. The van der Waals surface area contributed by atoms with Crippen molar-refractivity contribution in [3.05, 3.63) is 23.4 Å². The maximum absolute atomic E-state index is 8.59. The van der Waals surface area contributed by atoms with Crippen molar-refractivity contribution < 1.29 is 0 Å². The average molecular weight is 149 g/mol. The predicted molar refractivity (Wildman–Crippen MR) is 42.9 cm³/mol. The standard InChI is InChI=1S/C8H11N3/c1-6-3-4-11(5-9)8(10)7(6)2/h3-4,8H,10H2,1-2H3. The molecule has 0 aromatic heterocycles. The van der Waals surface area contributed by atoms with E-state index in [1.54, 1.807) is 6.20 Å². The molecule has 0 saturated heterocycles. The summed E-state index contributed by atoms with van der Waals surface area (Å²) in [6, 6.07) is 0. The number of nitriles is 1. The molecule has 1 aliphatic heterocycles. The van der Waals surface area contributed by atoms with Gasteiger partial charge in [0, 0.05) is 6.20 Å². The monoisotopic (exact) mass is 149 g/mol. The molecule has 0 aromatic rings. The lowest BCUT2D eigenvalue weighted by molar-refractivity contribution is 0.425. The SMILES string of the molecule is CC1=C(C)C(N)N(C#N)C=C1. The molecule has 0 aromatic carbocycles. The Hall–Kier alpha value is -1.27. The van der Waals surface area contributed by atoms with Crippen LogP contribution in [0, 0.1) is 11.5 Å². The van der Waals surface area contributed by atoms with Crippen molar-refractivity contribution in [2.45, 2.75) is 20.0 Å². The summed E-state index contributed by atoms with van der Waals surface area (Å²) in [4.78, 5) is 1.43. The molecule has 0 amide bonds. The third-order valence-electron chi connectivity index (χ3n) is 1.97. The Morgan fingerprint density at radius 3 is 2.82 bits per heavy atom. The van der Waals surface area contributed by atoms with E-state index in [0.717, 1.165) is 11.1 Å². The van der Waals surface area contributed by atoms with Gasteiger partial charge in [-0.05, 0) is 31.1 Å². The van der Waals surface area contributed by atoms with Crippen LogP contribution in [0.3, 0.4) is 0 Å². The van der Waals surface area contributed by atoms with Gasteiger partial charge in [-0.25, -0.2) is 0 Å². The van der Waals surface area contributed by atoms with Crippen LogP contribution in [-0.2, 0) is 0 Å². The van der Waals surface area contributed by atoms with Crippen LogP contribution in [0.5, 0.6) is 0 Å². The van der Waals surface area contributed by atoms with Gasteiger partial charge in [0.2, 0.25) is 0 Å². The zero-order valence-corrected chi connectivity index (χ0v) is 6.70. The molecular formula is C8H11N3. The maximum atomic E-state index is 8.59. The fourth-order valence-corrected chi connectivity index (χ4v) is 0.954. The first-order valence-corrected chi connectivity index (χ1v) is 3.46. The van der Waals surface area contributed by atoms with Crippen LogP contribution in [0.1, 0.15) is 13.8 Å². The largest absolute Gasteiger partial charge is 0.307 e. The number of rotatable bonds is 0. The fourth-order valence-electron chi connectivity index (χ4n) is 0.954. The van der Waals surface area contributed by atoms with E-state index in [9.17, 15) is 0 Å². The van der Waals surface area contributed by atoms with E-state index in [-0.39, 0.29) is 6.17 Å². The lowest BCUT2D eigenvalue weighted by Crippen LogP contribution is -2.38. The topological polar surface area (TPSA) is 53.0 Å². The highest BCUT2D eigenvalue weighted by molar-refractivity contribution is 5.30. The normalized spacial score (nSPS) is 23.8. The quantitative estimate of drug-likeness (QED) is 0.521.